The first-order chi connectivity index (χ1) is 8.35. The molecule has 0 aliphatic rings. The molecule has 1 aromatic heterocycles. The Bertz CT molecular complexity index is 497. The van der Waals surface area contributed by atoms with Crippen molar-refractivity contribution in [3.05, 3.63) is 36.0 Å². The molecule has 1 N–H and O–H groups in total. The maximum Gasteiger partial charge on any atom is 0.130 e. The first-order valence-electron chi connectivity index (χ1n) is 5.98. The summed E-state index contributed by atoms with van der Waals surface area (Å²) in [6.45, 7) is 3.95. The Morgan fingerprint density at radius 1 is 1.29 bits per heavy atom. The summed E-state index contributed by atoms with van der Waals surface area (Å²) in [6.07, 6.45) is 1.13. The Morgan fingerprint density at radius 3 is 2.88 bits per heavy atom. The zero-order chi connectivity index (χ0) is 12.1. The number of fused-ring (bicyclic) bond motifs is 1. The number of nitrogens with zero attached hydrogens (tertiary/aromatic N) is 1. The highest BCUT2D eigenvalue weighted by molar-refractivity contribution is 5.85. The van der Waals surface area contributed by atoms with Gasteiger partial charge in [0.25, 0.3) is 0 Å². The fourth-order valence-corrected chi connectivity index (χ4v) is 1.85. The van der Waals surface area contributed by atoms with Crippen molar-refractivity contribution in [1.29, 1.82) is 0 Å². The molecule has 0 fully saturated rings. The van der Waals surface area contributed by atoms with Crippen LogP contribution in [0.2, 0.25) is 0 Å². The van der Waals surface area contributed by atoms with Crippen molar-refractivity contribution in [2.75, 3.05) is 13.7 Å². The van der Waals surface area contributed by atoms with Crippen molar-refractivity contribution >= 4 is 10.9 Å². The number of para-hydroxylation sites is 1. The molecule has 0 atom stereocenters. The van der Waals surface area contributed by atoms with Gasteiger partial charge >= 0.3 is 0 Å². The summed E-state index contributed by atoms with van der Waals surface area (Å²) in [5.41, 5.74) is 2.01. The molecule has 2 aromatic rings. The highest BCUT2D eigenvalue weighted by Gasteiger charge is 2.05. The summed E-state index contributed by atoms with van der Waals surface area (Å²) in [6, 6.07) is 10.1. The summed E-state index contributed by atoms with van der Waals surface area (Å²) in [5.74, 6) is 0.892. The van der Waals surface area contributed by atoms with Gasteiger partial charge in [0, 0.05) is 18.0 Å². The zero-order valence-corrected chi connectivity index (χ0v) is 10.4. The molecular formula is C14H18N2O. The number of hydrogen-bond donors (Lipinski definition) is 1. The zero-order valence-electron chi connectivity index (χ0n) is 10.4. The van der Waals surface area contributed by atoms with E-state index in [1.54, 1.807) is 7.11 Å². The second kappa shape index (κ2) is 5.64. The van der Waals surface area contributed by atoms with Crippen LogP contribution in [0.5, 0.6) is 5.75 Å². The van der Waals surface area contributed by atoms with Crippen LogP contribution in [0.15, 0.2) is 30.3 Å². The topological polar surface area (TPSA) is 34.1 Å². The van der Waals surface area contributed by atoms with Crippen LogP contribution in [-0.4, -0.2) is 18.6 Å². The van der Waals surface area contributed by atoms with Gasteiger partial charge in [0.1, 0.15) is 5.75 Å². The monoisotopic (exact) mass is 230 g/mol. The summed E-state index contributed by atoms with van der Waals surface area (Å²) in [5, 5.41) is 4.41. The second-order valence-corrected chi connectivity index (χ2v) is 4.01. The van der Waals surface area contributed by atoms with Gasteiger partial charge < -0.3 is 10.1 Å². The van der Waals surface area contributed by atoms with Crippen molar-refractivity contribution in [3.8, 4) is 5.75 Å². The van der Waals surface area contributed by atoms with Crippen molar-refractivity contribution in [1.82, 2.24) is 10.3 Å². The number of benzene rings is 1. The molecule has 1 heterocycles. The lowest BCUT2D eigenvalue weighted by molar-refractivity contribution is 0.418. The molecule has 17 heavy (non-hydrogen) atoms. The van der Waals surface area contributed by atoms with E-state index in [1.165, 1.54) is 0 Å². The number of nitrogens with one attached hydrogen (secondary N) is 1. The van der Waals surface area contributed by atoms with Gasteiger partial charge in [-0.3, -0.25) is 4.98 Å². The molecule has 0 aliphatic carbocycles. The van der Waals surface area contributed by atoms with Gasteiger partial charge in [0.2, 0.25) is 0 Å². The van der Waals surface area contributed by atoms with E-state index in [4.69, 9.17) is 4.74 Å². The average Bonchev–Trinajstić information content (AvgIpc) is 2.38. The van der Waals surface area contributed by atoms with E-state index in [2.05, 4.69) is 17.2 Å². The lowest BCUT2D eigenvalue weighted by Gasteiger charge is -2.09. The predicted octanol–water partition coefficient (Wildman–Crippen LogP) is 2.74. The molecule has 0 radical (unpaired) electrons. The lowest BCUT2D eigenvalue weighted by Crippen LogP contribution is -2.14. The molecule has 0 spiro atoms. The molecule has 0 saturated carbocycles. The van der Waals surface area contributed by atoms with E-state index in [9.17, 15) is 0 Å². The van der Waals surface area contributed by atoms with Crippen LogP contribution in [0.3, 0.4) is 0 Å². The molecule has 1 aromatic carbocycles. The van der Waals surface area contributed by atoms with Crippen molar-refractivity contribution in [3.63, 3.8) is 0 Å². The van der Waals surface area contributed by atoms with Gasteiger partial charge in [-0.1, -0.05) is 19.1 Å². The number of rotatable bonds is 5. The van der Waals surface area contributed by atoms with Crippen LogP contribution in [-0.2, 0) is 6.54 Å². The molecule has 0 bridgehead atoms. The smallest absolute Gasteiger partial charge is 0.130 e. The third-order valence-corrected chi connectivity index (χ3v) is 2.68. The SMILES string of the molecule is CCCNCc1cc(OC)c2ccccc2n1. The first kappa shape index (κ1) is 11.9. The molecular weight excluding hydrogens is 212 g/mol. The third-order valence-electron chi connectivity index (χ3n) is 2.68. The summed E-state index contributed by atoms with van der Waals surface area (Å²) < 4.78 is 5.41. The van der Waals surface area contributed by atoms with Crippen LogP contribution >= 0.6 is 0 Å². The maximum atomic E-state index is 5.41. The predicted molar refractivity (Wildman–Crippen MR) is 70.3 cm³/mol. The van der Waals surface area contributed by atoms with Gasteiger partial charge in [-0.2, -0.15) is 0 Å². The quantitative estimate of drug-likeness (QED) is 0.802. The van der Waals surface area contributed by atoms with E-state index in [-0.39, 0.29) is 0 Å². The normalized spacial score (nSPS) is 10.7. The summed E-state index contributed by atoms with van der Waals surface area (Å²) in [7, 11) is 1.70. The summed E-state index contributed by atoms with van der Waals surface area (Å²) >= 11 is 0. The van der Waals surface area contributed by atoms with E-state index in [0.29, 0.717) is 0 Å². The Hall–Kier alpha value is -1.61. The fraction of sp³-hybridized carbons (Fsp3) is 0.357. The van der Waals surface area contributed by atoms with Gasteiger partial charge in [-0.15, -0.1) is 0 Å². The van der Waals surface area contributed by atoms with Crippen LogP contribution in [0.25, 0.3) is 10.9 Å². The minimum atomic E-state index is 0.787. The Kier molecular flexibility index (Phi) is 3.94. The Balaban J connectivity index is 2.32. The standard InChI is InChI=1S/C14H18N2O/c1-3-8-15-10-11-9-14(17-2)12-6-4-5-7-13(12)16-11/h4-7,9,15H,3,8,10H2,1-2H3. The van der Waals surface area contributed by atoms with E-state index in [0.717, 1.165) is 41.9 Å². The molecule has 3 heteroatoms. The minimum absolute atomic E-state index is 0.787. The Morgan fingerprint density at radius 2 is 2.12 bits per heavy atom. The van der Waals surface area contributed by atoms with Crippen LogP contribution in [0, 0.1) is 0 Å². The molecule has 3 nitrogen and oxygen atoms in total. The highest BCUT2D eigenvalue weighted by atomic mass is 16.5. The van der Waals surface area contributed by atoms with E-state index in [1.807, 2.05) is 30.3 Å². The van der Waals surface area contributed by atoms with Crippen molar-refractivity contribution in [2.24, 2.45) is 0 Å². The van der Waals surface area contributed by atoms with Gasteiger partial charge in [-0.05, 0) is 25.1 Å². The molecule has 2 rings (SSSR count). The van der Waals surface area contributed by atoms with Gasteiger partial charge in [0.15, 0.2) is 0 Å². The van der Waals surface area contributed by atoms with E-state index < -0.39 is 0 Å². The largest absolute Gasteiger partial charge is 0.496 e. The average molecular weight is 230 g/mol. The number of methoxy groups -OCH3 is 1. The minimum Gasteiger partial charge on any atom is -0.496 e. The Labute approximate surface area is 102 Å². The highest BCUT2D eigenvalue weighted by Crippen LogP contribution is 2.24. The number of pyridine rings is 1. The first-order valence-corrected chi connectivity index (χ1v) is 5.98. The molecule has 0 amide bonds. The number of aromatic nitrogens is 1. The number of ether oxygens (including phenoxy) is 1. The van der Waals surface area contributed by atoms with Crippen LogP contribution in [0.4, 0.5) is 0 Å². The molecule has 0 aliphatic heterocycles. The fourth-order valence-electron chi connectivity index (χ4n) is 1.85. The lowest BCUT2D eigenvalue weighted by atomic mass is 10.2. The maximum absolute atomic E-state index is 5.41. The van der Waals surface area contributed by atoms with E-state index >= 15 is 0 Å². The van der Waals surface area contributed by atoms with Crippen molar-refractivity contribution in [2.45, 2.75) is 19.9 Å². The van der Waals surface area contributed by atoms with Crippen LogP contribution in [0.1, 0.15) is 19.0 Å². The third kappa shape index (κ3) is 2.74. The van der Waals surface area contributed by atoms with Gasteiger partial charge in [0.05, 0.1) is 18.3 Å². The summed E-state index contributed by atoms with van der Waals surface area (Å²) in [4.78, 5) is 4.61. The van der Waals surface area contributed by atoms with Gasteiger partial charge in [-0.25, -0.2) is 0 Å². The second-order valence-electron chi connectivity index (χ2n) is 4.01. The molecule has 90 valence electrons. The molecule has 0 unspecified atom stereocenters. The van der Waals surface area contributed by atoms with Crippen molar-refractivity contribution < 1.29 is 4.74 Å². The van der Waals surface area contributed by atoms with Crippen LogP contribution < -0.4 is 10.1 Å². The molecule has 0 saturated heterocycles. The number of hydrogen-bond acceptors (Lipinski definition) is 3.